The number of halogens is 6. The van der Waals surface area contributed by atoms with Gasteiger partial charge in [0.15, 0.2) is 6.61 Å². The summed E-state index contributed by atoms with van der Waals surface area (Å²) >= 11 is 0. The van der Waals surface area contributed by atoms with E-state index in [1.54, 1.807) is 13.8 Å². The van der Waals surface area contributed by atoms with Gasteiger partial charge < -0.3 is 14.2 Å². The molecule has 1 aliphatic heterocycles. The second-order valence-corrected chi connectivity index (χ2v) is 6.09. The van der Waals surface area contributed by atoms with E-state index in [0.717, 1.165) is 6.08 Å². The zero-order valence-corrected chi connectivity index (χ0v) is 14.9. The van der Waals surface area contributed by atoms with Crippen LogP contribution in [0.15, 0.2) is 25.3 Å². The molecule has 0 radical (unpaired) electrons. The number of ether oxygens (including phenoxy) is 3. The standard InChI is InChI=1S/C9H12O4.C7H6F6O2/c1-4-6(10)13-7-8(11)12-5-9(7,2)3;1-2-4(14)15-3-6(9,10)5(8)7(11,12)13/h4,7H,1,5H2,2-3H3;2,5H,1,3H2/t7-;/m0./s1. The van der Waals surface area contributed by atoms with Crippen molar-refractivity contribution in [1.29, 1.82) is 0 Å². The molecule has 12 heteroatoms. The van der Waals surface area contributed by atoms with Crippen LogP contribution in [0, 0.1) is 5.41 Å². The van der Waals surface area contributed by atoms with Crippen LogP contribution in [0.25, 0.3) is 0 Å². The van der Waals surface area contributed by atoms with Gasteiger partial charge in [-0.25, -0.2) is 18.8 Å². The maximum Gasteiger partial charge on any atom is 0.425 e. The second kappa shape index (κ2) is 9.60. The Morgan fingerprint density at radius 3 is 2.07 bits per heavy atom. The summed E-state index contributed by atoms with van der Waals surface area (Å²) in [6.45, 7) is 7.97. The van der Waals surface area contributed by atoms with E-state index < -0.39 is 54.3 Å². The lowest BCUT2D eigenvalue weighted by Crippen LogP contribution is -2.45. The highest BCUT2D eigenvalue weighted by Gasteiger charge is 2.57. The number of cyclic esters (lactones) is 1. The highest BCUT2D eigenvalue weighted by atomic mass is 19.4. The van der Waals surface area contributed by atoms with E-state index in [-0.39, 0.29) is 6.61 Å². The van der Waals surface area contributed by atoms with Crippen LogP contribution in [0.5, 0.6) is 0 Å². The Labute approximate surface area is 156 Å². The molecule has 1 rings (SSSR count). The molecular formula is C16H18F6O6. The van der Waals surface area contributed by atoms with E-state index >= 15 is 0 Å². The van der Waals surface area contributed by atoms with Gasteiger partial charge in [-0.1, -0.05) is 27.0 Å². The van der Waals surface area contributed by atoms with Crippen LogP contribution in [-0.4, -0.2) is 55.5 Å². The van der Waals surface area contributed by atoms with Crippen molar-refractivity contribution in [2.75, 3.05) is 13.2 Å². The Bertz CT molecular complexity index is 613. The van der Waals surface area contributed by atoms with Crippen LogP contribution in [0.2, 0.25) is 0 Å². The lowest BCUT2D eigenvalue weighted by atomic mass is 9.90. The molecule has 0 saturated carbocycles. The minimum Gasteiger partial charge on any atom is -0.462 e. The van der Waals surface area contributed by atoms with E-state index in [1.165, 1.54) is 0 Å². The van der Waals surface area contributed by atoms with E-state index in [9.17, 15) is 40.7 Å². The Balaban J connectivity index is 0.000000525. The van der Waals surface area contributed by atoms with Gasteiger partial charge in [-0.15, -0.1) is 0 Å². The summed E-state index contributed by atoms with van der Waals surface area (Å²) < 4.78 is 84.8. The first-order valence-corrected chi connectivity index (χ1v) is 7.46. The minimum atomic E-state index is -5.70. The molecule has 1 heterocycles. The van der Waals surface area contributed by atoms with Gasteiger partial charge in [-0.2, -0.15) is 22.0 Å². The molecule has 1 aliphatic rings. The average molecular weight is 420 g/mol. The molecule has 1 fully saturated rings. The number of hydrogen-bond acceptors (Lipinski definition) is 6. The summed E-state index contributed by atoms with van der Waals surface area (Å²) in [6.07, 6.45) is -9.39. The van der Waals surface area contributed by atoms with Crippen molar-refractivity contribution in [3.63, 3.8) is 0 Å². The summed E-state index contributed by atoms with van der Waals surface area (Å²) in [7, 11) is 0. The zero-order chi connectivity index (χ0) is 22.3. The number of esters is 3. The smallest absolute Gasteiger partial charge is 0.425 e. The molecule has 1 unspecified atom stereocenters. The van der Waals surface area contributed by atoms with Gasteiger partial charge >= 0.3 is 30.0 Å². The van der Waals surface area contributed by atoms with Crippen molar-refractivity contribution in [2.45, 2.75) is 38.2 Å². The van der Waals surface area contributed by atoms with Crippen LogP contribution >= 0.6 is 0 Å². The fourth-order valence-electron chi connectivity index (χ4n) is 1.64. The summed E-state index contributed by atoms with van der Waals surface area (Å²) in [6, 6.07) is 0. The highest BCUT2D eigenvalue weighted by molar-refractivity contribution is 5.86. The Hall–Kier alpha value is -2.53. The molecule has 0 aromatic rings. The first kappa shape index (κ1) is 25.5. The van der Waals surface area contributed by atoms with Gasteiger partial charge in [-0.05, 0) is 0 Å². The second-order valence-electron chi connectivity index (χ2n) is 6.09. The fraction of sp³-hybridized carbons (Fsp3) is 0.562. The van der Waals surface area contributed by atoms with E-state index in [1.807, 2.05) is 0 Å². The molecule has 0 aromatic carbocycles. The predicted octanol–water partition coefficient (Wildman–Crippen LogP) is 2.92. The van der Waals surface area contributed by atoms with Crippen LogP contribution < -0.4 is 0 Å². The predicted molar refractivity (Wildman–Crippen MR) is 81.9 cm³/mol. The molecule has 0 bridgehead atoms. The topological polar surface area (TPSA) is 78.9 Å². The third-order valence-electron chi connectivity index (χ3n) is 3.14. The maximum atomic E-state index is 12.4. The van der Waals surface area contributed by atoms with Crippen molar-refractivity contribution in [2.24, 2.45) is 5.41 Å². The van der Waals surface area contributed by atoms with Crippen molar-refractivity contribution >= 4 is 17.9 Å². The largest absolute Gasteiger partial charge is 0.462 e. The van der Waals surface area contributed by atoms with Crippen LogP contribution in [-0.2, 0) is 28.6 Å². The molecule has 0 aromatic heterocycles. The normalized spacial score (nSPS) is 19.4. The Morgan fingerprint density at radius 2 is 1.71 bits per heavy atom. The van der Waals surface area contributed by atoms with Crippen LogP contribution in [0.1, 0.15) is 13.8 Å². The molecule has 160 valence electrons. The average Bonchev–Trinajstić information content (AvgIpc) is 2.85. The number of rotatable bonds is 6. The van der Waals surface area contributed by atoms with E-state index in [2.05, 4.69) is 17.9 Å². The molecule has 28 heavy (non-hydrogen) atoms. The monoisotopic (exact) mass is 420 g/mol. The van der Waals surface area contributed by atoms with Gasteiger partial charge in [0, 0.05) is 17.6 Å². The van der Waals surface area contributed by atoms with Gasteiger partial charge in [-0.3, -0.25) is 0 Å². The minimum absolute atomic E-state index is 0.279. The van der Waals surface area contributed by atoms with E-state index in [0.29, 0.717) is 6.08 Å². The maximum absolute atomic E-state index is 12.4. The van der Waals surface area contributed by atoms with Gasteiger partial charge in [0.25, 0.3) is 6.17 Å². The van der Waals surface area contributed by atoms with Crippen molar-refractivity contribution in [3.05, 3.63) is 25.3 Å². The van der Waals surface area contributed by atoms with Crippen molar-refractivity contribution in [1.82, 2.24) is 0 Å². The van der Waals surface area contributed by atoms with Gasteiger partial charge in [0.1, 0.15) is 6.61 Å². The molecular weight excluding hydrogens is 402 g/mol. The first-order valence-electron chi connectivity index (χ1n) is 7.46. The number of alkyl halides is 6. The number of carbonyl (C=O) groups is 3. The lowest BCUT2D eigenvalue weighted by molar-refractivity contribution is -0.253. The zero-order valence-electron chi connectivity index (χ0n) is 14.9. The molecule has 6 nitrogen and oxygen atoms in total. The summed E-state index contributed by atoms with van der Waals surface area (Å²) in [4.78, 5) is 32.2. The van der Waals surface area contributed by atoms with Crippen molar-refractivity contribution < 1.29 is 54.9 Å². The van der Waals surface area contributed by atoms with Gasteiger partial charge in [0.05, 0.1) is 0 Å². The number of carbonyl (C=O) groups excluding carboxylic acids is 3. The fourth-order valence-corrected chi connectivity index (χ4v) is 1.64. The first-order chi connectivity index (χ1) is 12.6. The van der Waals surface area contributed by atoms with E-state index in [4.69, 9.17) is 9.47 Å². The quantitative estimate of drug-likeness (QED) is 0.285. The highest BCUT2D eigenvalue weighted by Crippen LogP contribution is 2.35. The SMILES string of the molecule is C=CC(=O)OCC(F)(F)C(F)C(F)(F)F.C=CC(=O)O[C@H]1C(=O)OCC1(C)C. The molecule has 1 saturated heterocycles. The molecule has 0 aliphatic carbocycles. The number of hydrogen-bond donors (Lipinski definition) is 0. The summed E-state index contributed by atoms with van der Waals surface area (Å²) in [5.74, 6) is -7.25. The molecule has 0 N–H and O–H groups in total. The molecule has 2 atom stereocenters. The summed E-state index contributed by atoms with van der Waals surface area (Å²) in [5, 5.41) is 0. The lowest BCUT2D eigenvalue weighted by Gasteiger charge is -2.21. The van der Waals surface area contributed by atoms with Gasteiger partial charge in [0.2, 0.25) is 6.10 Å². The van der Waals surface area contributed by atoms with Crippen molar-refractivity contribution in [3.8, 4) is 0 Å². The van der Waals surface area contributed by atoms with Crippen LogP contribution in [0.3, 0.4) is 0 Å². The summed E-state index contributed by atoms with van der Waals surface area (Å²) in [5.41, 5.74) is -0.449. The Morgan fingerprint density at radius 1 is 1.21 bits per heavy atom. The molecule has 0 spiro atoms. The third-order valence-corrected chi connectivity index (χ3v) is 3.14. The molecule has 0 amide bonds. The van der Waals surface area contributed by atoms with Crippen LogP contribution in [0.4, 0.5) is 26.3 Å². The third kappa shape index (κ3) is 7.61. The Kier molecular flexibility index (Phi) is 8.73.